The van der Waals surface area contributed by atoms with E-state index in [4.69, 9.17) is 0 Å². The fraction of sp³-hybridized carbons (Fsp3) is 0.583. The maximum absolute atomic E-state index is 12.9. The third-order valence-electron chi connectivity index (χ3n) is 7.11. The zero-order chi connectivity index (χ0) is 28.0. The van der Waals surface area contributed by atoms with Gasteiger partial charge in [0, 0.05) is 47.2 Å². The van der Waals surface area contributed by atoms with Crippen molar-refractivity contribution in [1.29, 1.82) is 0 Å². The molecule has 5 rings (SSSR count). The quantitative estimate of drug-likeness (QED) is 0.350. The Labute approximate surface area is 249 Å². The SMILES string of the molecule is I.O=C([C@H]1CCCN(S(=O)(=O)N2CC(n3cncn3)C2)C1)N1CCCC1.O=CNCc1ccc(C(F)(F)F)cc1.[HH]. The van der Waals surface area contributed by atoms with Crippen molar-refractivity contribution in [2.24, 2.45) is 5.92 Å². The Bertz CT molecular complexity index is 1210. The molecule has 0 spiro atoms. The molecule has 3 fully saturated rings. The van der Waals surface area contributed by atoms with Crippen LogP contribution in [0, 0.1) is 5.92 Å². The fourth-order valence-corrected chi connectivity index (χ4v) is 6.64. The number of rotatable bonds is 7. The van der Waals surface area contributed by atoms with Crippen LogP contribution in [0.3, 0.4) is 0 Å². The molecular formula is C24H35F3IN7O4S. The standard InChI is InChI=1S/C15H24N6O3S.C9H8F3NO.HI.H2/c22-15(18-5-1-2-6-18)13-4-3-7-19(8-13)25(23,24)20-9-14(10-20)21-12-16-11-17-21;10-9(11,12)8-3-1-7(2-4-8)5-13-6-14;;/h11-14H,1-10H2;1-4,6H,5H2,(H,13,14);2*1H/t13-;;;/m0.../s1. The van der Waals surface area contributed by atoms with Gasteiger partial charge >= 0.3 is 6.18 Å². The van der Waals surface area contributed by atoms with E-state index in [1.54, 1.807) is 11.0 Å². The molecule has 0 radical (unpaired) electrons. The number of halogens is 4. The predicted octanol–water partition coefficient (Wildman–Crippen LogP) is 2.53. The highest BCUT2D eigenvalue weighted by molar-refractivity contribution is 14.0. The summed E-state index contributed by atoms with van der Waals surface area (Å²) in [4.78, 5) is 28.3. The Kier molecular flexibility index (Phi) is 11.3. The van der Waals surface area contributed by atoms with Crippen molar-refractivity contribution >= 4 is 46.5 Å². The Hall–Kier alpha value is -2.31. The van der Waals surface area contributed by atoms with E-state index < -0.39 is 21.9 Å². The zero-order valence-electron chi connectivity index (χ0n) is 21.7. The Morgan fingerprint density at radius 3 is 2.30 bits per heavy atom. The summed E-state index contributed by atoms with van der Waals surface area (Å²) in [5, 5.41) is 6.43. The summed E-state index contributed by atoms with van der Waals surface area (Å²) in [6.45, 7) is 3.49. The Balaban J connectivity index is 0.000000318. The summed E-state index contributed by atoms with van der Waals surface area (Å²) in [5.41, 5.74) is -0.0579. The van der Waals surface area contributed by atoms with Gasteiger partial charge in [0.1, 0.15) is 12.7 Å². The van der Waals surface area contributed by atoms with Gasteiger partial charge in [-0.15, -0.1) is 24.0 Å². The van der Waals surface area contributed by atoms with Crippen molar-refractivity contribution in [3.63, 3.8) is 0 Å². The van der Waals surface area contributed by atoms with Gasteiger partial charge in [-0.25, -0.2) is 9.67 Å². The number of amides is 2. The van der Waals surface area contributed by atoms with E-state index in [9.17, 15) is 31.2 Å². The smallest absolute Gasteiger partial charge is 0.355 e. The number of benzene rings is 1. The minimum absolute atomic E-state index is 0. The highest BCUT2D eigenvalue weighted by atomic mass is 127. The number of carbonyl (C=O) groups is 2. The van der Waals surface area contributed by atoms with Crippen molar-refractivity contribution in [3.8, 4) is 0 Å². The first-order valence-corrected chi connectivity index (χ1v) is 14.2. The van der Waals surface area contributed by atoms with Crippen molar-refractivity contribution in [3.05, 3.63) is 48.0 Å². The molecule has 4 heterocycles. The van der Waals surface area contributed by atoms with E-state index in [0.29, 0.717) is 38.2 Å². The predicted molar refractivity (Wildman–Crippen MR) is 152 cm³/mol. The van der Waals surface area contributed by atoms with Gasteiger partial charge in [-0.3, -0.25) is 9.59 Å². The summed E-state index contributed by atoms with van der Waals surface area (Å²) in [6.07, 6.45) is 2.88. The van der Waals surface area contributed by atoms with E-state index >= 15 is 0 Å². The number of nitrogens with zero attached hydrogens (tertiary/aromatic N) is 6. The zero-order valence-corrected chi connectivity index (χ0v) is 24.9. The van der Waals surface area contributed by atoms with E-state index in [1.165, 1.54) is 27.1 Å². The van der Waals surface area contributed by atoms with E-state index in [-0.39, 0.29) is 49.8 Å². The molecule has 1 N–H and O–H groups in total. The van der Waals surface area contributed by atoms with Crippen LogP contribution in [0.15, 0.2) is 36.9 Å². The first-order valence-electron chi connectivity index (χ1n) is 12.8. The first kappa shape index (κ1) is 32.2. The summed E-state index contributed by atoms with van der Waals surface area (Å²) < 4.78 is 66.7. The lowest BCUT2D eigenvalue weighted by molar-refractivity contribution is -0.137. The van der Waals surface area contributed by atoms with Crippen LogP contribution in [-0.4, -0.2) is 88.3 Å². The van der Waals surface area contributed by atoms with Gasteiger partial charge in [0.15, 0.2) is 0 Å². The molecule has 3 aliphatic heterocycles. The number of nitrogens with one attached hydrogen (secondary N) is 1. The topological polar surface area (TPSA) is 121 Å². The van der Waals surface area contributed by atoms with Crippen molar-refractivity contribution in [2.75, 3.05) is 39.3 Å². The second-order valence-corrected chi connectivity index (χ2v) is 11.7. The Morgan fingerprint density at radius 2 is 1.73 bits per heavy atom. The van der Waals surface area contributed by atoms with Gasteiger partial charge < -0.3 is 10.2 Å². The van der Waals surface area contributed by atoms with Gasteiger partial charge in [-0.1, -0.05) is 12.1 Å². The number of piperidine rings is 1. The summed E-state index contributed by atoms with van der Waals surface area (Å²) in [6, 6.07) is 4.69. The molecule has 11 nitrogen and oxygen atoms in total. The normalized spacial score (nSPS) is 20.6. The molecule has 224 valence electrons. The summed E-state index contributed by atoms with van der Waals surface area (Å²) in [7, 11) is -3.50. The molecule has 2 aromatic rings. The van der Waals surface area contributed by atoms with Crippen molar-refractivity contribution in [2.45, 2.75) is 44.4 Å². The number of aromatic nitrogens is 3. The number of hydrogen-bond donors (Lipinski definition) is 1. The van der Waals surface area contributed by atoms with Gasteiger partial charge in [-0.2, -0.15) is 35.3 Å². The van der Waals surface area contributed by atoms with Gasteiger partial charge in [0.25, 0.3) is 10.2 Å². The van der Waals surface area contributed by atoms with Crippen LogP contribution in [-0.2, 0) is 32.5 Å². The first-order chi connectivity index (χ1) is 18.6. The third-order valence-corrected chi connectivity index (χ3v) is 9.05. The Morgan fingerprint density at radius 1 is 1.05 bits per heavy atom. The van der Waals surface area contributed by atoms with E-state index in [1.807, 2.05) is 4.90 Å². The second kappa shape index (κ2) is 14.0. The number of hydrogen-bond acceptors (Lipinski definition) is 6. The third kappa shape index (κ3) is 7.91. The molecule has 1 atom stereocenters. The molecule has 0 aliphatic carbocycles. The van der Waals surface area contributed by atoms with Crippen LogP contribution in [0.5, 0.6) is 0 Å². The maximum Gasteiger partial charge on any atom is 0.416 e. The monoisotopic (exact) mass is 701 g/mol. The van der Waals surface area contributed by atoms with Crippen molar-refractivity contribution < 1.29 is 32.6 Å². The fourth-order valence-electron chi connectivity index (χ4n) is 4.86. The lowest BCUT2D eigenvalue weighted by Gasteiger charge is -2.42. The van der Waals surface area contributed by atoms with E-state index in [2.05, 4.69) is 15.4 Å². The highest BCUT2D eigenvalue weighted by Gasteiger charge is 2.43. The molecule has 0 saturated carbocycles. The number of carbonyl (C=O) groups excluding carboxylic acids is 2. The number of alkyl halides is 3. The van der Waals surface area contributed by atoms with Gasteiger partial charge in [0.2, 0.25) is 12.3 Å². The maximum atomic E-state index is 12.9. The van der Waals surface area contributed by atoms with Gasteiger partial charge in [0.05, 0.1) is 17.5 Å². The largest absolute Gasteiger partial charge is 0.416 e. The highest BCUT2D eigenvalue weighted by Crippen LogP contribution is 2.30. The molecule has 3 saturated heterocycles. The number of likely N-dealkylation sites (tertiary alicyclic amines) is 1. The van der Waals surface area contributed by atoms with Crippen LogP contribution >= 0.6 is 24.0 Å². The molecule has 0 bridgehead atoms. The lowest BCUT2D eigenvalue weighted by atomic mass is 9.98. The average molecular weight is 702 g/mol. The molecule has 0 unspecified atom stereocenters. The van der Waals surface area contributed by atoms with Crippen LogP contribution in [0.4, 0.5) is 13.2 Å². The lowest BCUT2D eigenvalue weighted by Crippen LogP contribution is -2.57. The second-order valence-electron chi connectivity index (χ2n) is 9.78. The summed E-state index contributed by atoms with van der Waals surface area (Å²) >= 11 is 0. The van der Waals surface area contributed by atoms with Crippen LogP contribution in [0.1, 0.15) is 44.3 Å². The molecular weight excluding hydrogens is 666 g/mol. The summed E-state index contributed by atoms with van der Waals surface area (Å²) in [5.74, 6) is -0.0736. The molecule has 3 aliphatic rings. The average Bonchev–Trinajstić information content (AvgIpc) is 3.61. The van der Waals surface area contributed by atoms with E-state index in [0.717, 1.165) is 50.9 Å². The van der Waals surface area contributed by atoms with Crippen LogP contribution in [0.25, 0.3) is 0 Å². The molecule has 2 amide bonds. The molecule has 1 aromatic heterocycles. The minimum atomic E-state index is -4.31. The molecule has 40 heavy (non-hydrogen) atoms. The molecule has 1 aromatic carbocycles. The minimum Gasteiger partial charge on any atom is -0.355 e. The van der Waals surface area contributed by atoms with Crippen LogP contribution in [0.2, 0.25) is 0 Å². The molecule has 16 heteroatoms. The van der Waals surface area contributed by atoms with Crippen molar-refractivity contribution in [1.82, 2.24) is 33.6 Å². The van der Waals surface area contributed by atoms with Crippen LogP contribution < -0.4 is 5.32 Å². The van der Waals surface area contributed by atoms with Gasteiger partial charge in [-0.05, 0) is 43.4 Å².